The molecule has 0 amide bonds. The molecule has 20 heavy (non-hydrogen) atoms. The van der Waals surface area contributed by atoms with Gasteiger partial charge in [0.25, 0.3) is 0 Å². The fourth-order valence-electron chi connectivity index (χ4n) is 1.99. The van der Waals surface area contributed by atoms with Crippen LogP contribution in [0, 0.1) is 0 Å². The third kappa shape index (κ3) is 3.59. The van der Waals surface area contributed by atoms with Gasteiger partial charge in [0, 0.05) is 6.04 Å². The topological polar surface area (TPSA) is 55.5 Å². The van der Waals surface area contributed by atoms with Crippen LogP contribution in [-0.2, 0) is 5.60 Å². The van der Waals surface area contributed by atoms with E-state index < -0.39 is 5.60 Å². The monoisotopic (exact) mass is 271 g/mol. The van der Waals surface area contributed by atoms with E-state index in [2.05, 4.69) is 0 Å². The zero-order valence-electron chi connectivity index (χ0n) is 11.9. The van der Waals surface area contributed by atoms with Gasteiger partial charge in [0.1, 0.15) is 18.0 Å². The van der Waals surface area contributed by atoms with E-state index in [1.165, 1.54) is 0 Å². The van der Waals surface area contributed by atoms with Crippen molar-refractivity contribution in [3.8, 4) is 5.75 Å². The molecule has 0 saturated heterocycles. The van der Waals surface area contributed by atoms with Gasteiger partial charge in [-0.15, -0.1) is 0 Å². The molecule has 3 nitrogen and oxygen atoms in total. The summed E-state index contributed by atoms with van der Waals surface area (Å²) < 4.78 is 5.71. The maximum atomic E-state index is 10.5. The Morgan fingerprint density at radius 2 is 1.85 bits per heavy atom. The number of aliphatic hydroxyl groups is 1. The molecule has 0 aromatic heterocycles. The SMILES string of the molecule is C[C@@H](N)c1cccc(OCC(C)(O)c2ccccc2)c1. The summed E-state index contributed by atoms with van der Waals surface area (Å²) in [5.41, 5.74) is 6.68. The van der Waals surface area contributed by atoms with Crippen LogP contribution in [0.3, 0.4) is 0 Å². The third-order valence-electron chi connectivity index (χ3n) is 3.30. The van der Waals surface area contributed by atoms with Crippen LogP contribution in [0.5, 0.6) is 5.75 Å². The van der Waals surface area contributed by atoms with Crippen LogP contribution in [-0.4, -0.2) is 11.7 Å². The molecule has 0 heterocycles. The summed E-state index contributed by atoms with van der Waals surface area (Å²) in [6.45, 7) is 3.87. The van der Waals surface area contributed by atoms with Gasteiger partial charge in [0.05, 0.1) is 0 Å². The molecule has 1 unspecified atom stereocenters. The molecule has 2 rings (SSSR count). The molecule has 3 heteroatoms. The maximum absolute atomic E-state index is 10.5. The second kappa shape index (κ2) is 6.07. The van der Waals surface area contributed by atoms with Crippen molar-refractivity contribution in [3.63, 3.8) is 0 Å². The van der Waals surface area contributed by atoms with E-state index in [1.807, 2.05) is 61.5 Å². The largest absolute Gasteiger partial charge is 0.490 e. The fourth-order valence-corrected chi connectivity index (χ4v) is 1.99. The summed E-state index contributed by atoms with van der Waals surface area (Å²) in [4.78, 5) is 0. The standard InChI is InChI=1S/C17H21NO2/c1-13(18)14-7-6-10-16(11-14)20-12-17(2,19)15-8-4-3-5-9-15/h3-11,13,19H,12,18H2,1-2H3/t13-,17?/m1/s1. The lowest BCUT2D eigenvalue weighted by molar-refractivity contribution is 0.00757. The second-order valence-electron chi connectivity index (χ2n) is 5.29. The van der Waals surface area contributed by atoms with Gasteiger partial charge in [-0.3, -0.25) is 0 Å². The summed E-state index contributed by atoms with van der Waals surface area (Å²) in [5.74, 6) is 0.719. The Bertz CT molecular complexity index is 550. The Morgan fingerprint density at radius 3 is 2.50 bits per heavy atom. The van der Waals surface area contributed by atoms with Gasteiger partial charge in [-0.2, -0.15) is 0 Å². The van der Waals surface area contributed by atoms with Gasteiger partial charge in [-0.25, -0.2) is 0 Å². The summed E-state index contributed by atoms with van der Waals surface area (Å²) in [6.07, 6.45) is 0. The molecule has 0 fully saturated rings. The first-order valence-electron chi connectivity index (χ1n) is 6.75. The zero-order valence-corrected chi connectivity index (χ0v) is 11.9. The highest BCUT2D eigenvalue weighted by atomic mass is 16.5. The predicted octanol–water partition coefficient (Wildman–Crippen LogP) is 2.99. The molecular weight excluding hydrogens is 250 g/mol. The number of ether oxygens (including phenoxy) is 1. The van der Waals surface area contributed by atoms with Gasteiger partial charge in [-0.05, 0) is 37.1 Å². The molecule has 0 aliphatic rings. The molecule has 0 aliphatic heterocycles. The predicted molar refractivity (Wildman–Crippen MR) is 80.6 cm³/mol. The van der Waals surface area contributed by atoms with E-state index in [4.69, 9.17) is 10.5 Å². The van der Waals surface area contributed by atoms with Crippen LogP contribution in [0.2, 0.25) is 0 Å². The number of benzene rings is 2. The Balaban J connectivity index is 2.06. The van der Waals surface area contributed by atoms with Crippen LogP contribution in [0.4, 0.5) is 0 Å². The molecule has 2 aromatic rings. The average molecular weight is 271 g/mol. The van der Waals surface area contributed by atoms with E-state index in [-0.39, 0.29) is 12.6 Å². The minimum Gasteiger partial charge on any atom is -0.490 e. The lowest BCUT2D eigenvalue weighted by atomic mass is 9.97. The number of nitrogens with two attached hydrogens (primary N) is 1. The van der Waals surface area contributed by atoms with Crippen molar-refractivity contribution < 1.29 is 9.84 Å². The molecule has 3 N–H and O–H groups in total. The van der Waals surface area contributed by atoms with E-state index >= 15 is 0 Å². The molecule has 0 aliphatic carbocycles. The van der Waals surface area contributed by atoms with E-state index in [1.54, 1.807) is 6.92 Å². The van der Waals surface area contributed by atoms with Crippen molar-refractivity contribution in [1.82, 2.24) is 0 Å². The van der Waals surface area contributed by atoms with Gasteiger partial charge in [0.2, 0.25) is 0 Å². The Morgan fingerprint density at radius 1 is 1.15 bits per heavy atom. The van der Waals surface area contributed by atoms with E-state index in [0.29, 0.717) is 0 Å². The Hall–Kier alpha value is -1.84. The molecule has 0 radical (unpaired) electrons. The summed E-state index contributed by atoms with van der Waals surface area (Å²) in [6, 6.07) is 17.1. The van der Waals surface area contributed by atoms with Gasteiger partial charge in [0.15, 0.2) is 0 Å². The zero-order chi connectivity index (χ0) is 14.6. The van der Waals surface area contributed by atoms with E-state index in [9.17, 15) is 5.11 Å². The first-order chi connectivity index (χ1) is 9.49. The van der Waals surface area contributed by atoms with Crippen LogP contribution >= 0.6 is 0 Å². The molecule has 0 saturated carbocycles. The first kappa shape index (κ1) is 14.6. The summed E-state index contributed by atoms with van der Waals surface area (Å²) in [7, 11) is 0. The second-order valence-corrected chi connectivity index (χ2v) is 5.29. The van der Waals surface area contributed by atoms with Crippen molar-refractivity contribution in [1.29, 1.82) is 0 Å². The number of hydrogen-bond acceptors (Lipinski definition) is 3. The van der Waals surface area contributed by atoms with Crippen LogP contribution in [0.15, 0.2) is 54.6 Å². The summed E-state index contributed by atoms with van der Waals surface area (Å²) in [5, 5.41) is 10.5. The molecule has 0 bridgehead atoms. The van der Waals surface area contributed by atoms with Crippen LogP contribution < -0.4 is 10.5 Å². The lowest BCUT2D eigenvalue weighted by Crippen LogP contribution is -2.29. The minimum atomic E-state index is -1.02. The van der Waals surface area contributed by atoms with Crippen molar-refractivity contribution >= 4 is 0 Å². The smallest absolute Gasteiger partial charge is 0.121 e. The highest BCUT2D eigenvalue weighted by Crippen LogP contribution is 2.23. The minimum absolute atomic E-state index is 0.0341. The quantitative estimate of drug-likeness (QED) is 0.879. The molecule has 106 valence electrons. The van der Waals surface area contributed by atoms with Crippen LogP contribution in [0.1, 0.15) is 31.0 Å². The van der Waals surface area contributed by atoms with Crippen molar-refractivity contribution in [2.45, 2.75) is 25.5 Å². The normalized spacial score (nSPS) is 15.4. The van der Waals surface area contributed by atoms with Crippen molar-refractivity contribution in [2.24, 2.45) is 5.73 Å². The number of rotatable bonds is 5. The molecule has 0 spiro atoms. The molecule has 2 aromatic carbocycles. The molecular formula is C17H21NO2. The first-order valence-corrected chi connectivity index (χ1v) is 6.75. The number of hydrogen-bond donors (Lipinski definition) is 2. The van der Waals surface area contributed by atoms with Crippen molar-refractivity contribution in [3.05, 3.63) is 65.7 Å². The highest BCUT2D eigenvalue weighted by Gasteiger charge is 2.23. The van der Waals surface area contributed by atoms with Crippen molar-refractivity contribution in [2.75, 3.05) is 6.61 Å². The van der Waals surface area contributed by atoms with Crippen LogP contribution in [0.25, 0.3) is 0 Å². The fraction of sp³-hybridized carbons (Fsp3) is 0.294. The van der Waals surface area contributed by atoms with E-state index in [0.717, 1.165) is 16.9 Å². The van der Waals surface area contributed by atoms with Gasteiger partial charge < -0.3 is 15.6 Å². The Labute approximate surface area is 120 Å². The van der Waals surface area contributed by atoms with Gasteiger partial charge >= 0.3 is 0 Å². The summed E-state index contributed by atoms with van der Waals surface area (Å²) >= 11 is 0. The Kier molecular flexibility index (Phi) is 4.42. The average Bonchev–Trinajstić information content (AvgIpc) is 2.46. The molecule has 2 atom stereocenters. The third-order valence-corrected chi connectivity index (χ3v) is 3.30. The maximum Gasteiger partial charge on any atom is 0.121 e. The highest BCUT2D eigenvalue weighted by molar-refractivity contribution is 5.30. The van der Waals surface area contributed by atoms with Gasteiger partial charge in [-0.1, -0.05) is 42.5 Å². The lowest BCUT2D eigenvalue weighted by Gasteiger charge is -2.24.